The van der Waals surface area contributed by atoms with Crippen LogP contribution in [0.4, 0.5) is 0 Å². The lowest BCUT2D eigenvalue weighted by molar-refractivity contribution is -0.161. The lowest BCUT2D eigenvalue weighted by atomic mass is 9.71. The predicted octanol–water partition coefficient (Wildman–Crippen LogP) is 4.73. The zero-order chi connectivity index (χ0) is 17.3. The Kier molecular flexibility index (Phi) is 8.35. The lowest BCUT2D eigenvalue weighted by Gasteiger charge is -2.41. The van der Waals surface area contributed by atoms with Gasteiger partial charge in [0.2, 0.25) is 0 Å². The van der Waals surface area contributed by atoms with E-state index in [4.69, 9.17) is 9.84 Å². The van der Waals surface area contributed by atoms with Crippen molar-refractivity contribution in [3.8, 4) is 0 Å². The van der Waals surface area contributed by atoms with Gasteiger partial charge < -0.3 is 9.84 Å². The zero-order valence-corrected chi connectivity index (χ0v) is 14.8. The topological polar surface area (TPSA) is 63.6 Å². The summed E-state index contributed by atoms with van der Waals surface area (Å²) in [6.45, 7) is 6.33. The Hall–Kier alpha value is -1.32. The largest absolute Gasteiger partial charge is 0.478 e. The number of carbonyl (C=O) groups excluding carboxylic acids is 1. The molecule has 4 nitrogen and oxygen atoms in total. The average molecular weight is 324 g/mol. The molecule has 0 aromatic heterocycles. The number of hydrogen-bond acceptors (Lipinski definition) is 3. The molecule has 1 saturated carbocycles. The highest BCUT2D eigenvalue weighted by molar-refractivity contribution is 5.90. The minimum Gasteiger partial charge on any atom is -0.478 e. The van der Waals surface area contributed by atoms with Gasteiger partial charge in [-0.2, -0.15) is 0 Å². The number of aliphatic carboxylic acids is 1. The predicted molar refractivity (Wildman–Crippen MR) is 91.2 cm³/mol. The van der Waals surface area contributed by atoms with Gasteiger partial charge in [0.25, 0.3) is 0 Å². The highest BCUT2D eigenvalue weighted by atomic mass is 16.6. The van der Waals surface area contributed by atoms with Gasteiger partial charge in [-0.1, -0.05) is 52.4 Å². The van der Waals surface area contributed by atoms with E-state index < -0.39 is 17.5 Å². The van der Waals surface area contributed by atoms with Crippen molar-refractivity contribution in [3.05, 3.63) is 12.2 Å². The molecule has 0 spiro atoms. The highest BCUT2D eigenvalue weighted by Crippen LogP contribution is 2.41. The third-order valence-electron chi connectivity index (χ3n) is 5.12. The molecule has 1 unspecified atom stereocenters. The van der Waals surface area contributed by atoms with Gasteiger partial charge in [-0.3, -0.25) is 0 Å². The first-order valence-corrected chi connectivity index (χ1v) is 9.05. The standard InChI is InChI=1S/C19H32O4/c1-4-6-7-15-8-10-16(11-9-15)19(3,14-5-2)23-18(22)13-12-17(20)21/h12-13,15-16H,4-11,14H2,1-3H3,(H,20,21)/b13-12+. The van der Waals surface area contributed by atoms with Gasteiger partial charge in [-0.15, -0.1) is 0 Å². The van der Waals surface area contributed by atoms with Gasteiger partial charge in [0, 0.05) is 12.2 Å². The van der Waals surface area contributed by atoms with E-state index in [0.717, 1.165) is 43.8 Å². The Morgan fingerprint density at radius 1 is 1.13 bits per heavy atom. The summed E-state index contributed by atoms with van der Waals surface area (Å²) in [5, 5.41) is 8.62. The fourth-order valence-corrected chi connectivity index (χ4v) is 3.79. The normalized spacial score (nSPS) is 24.3. The minimum atomic E-state index is -1.13. The van der Waals surface area contributed by atoms with Crippen molar-refractivity contribution in [2.45, 2.75) is 84.2 Å². The minimum absolute atomic E-state index is 0.377. The van der Waals surface area contributed by atoms with Gasteiger partial charge in [0.15, 0.2) is 0 Å². The zero-order valence-electron chi connectivity index (χ0n) is 14.8. The highest BCUT2D eigenvalue weighted by Gasteiger charge is 2.38. The molecule has 0 bridgehead atoms. The van der Waals surface area contributed by atoms with Gasteiger partial charge in [0.05, 0.1) is 0 Å². The number of carboxylic acid groups (broad SMARTS) is 1. The Morgan fingerprint density at radius 3 is 2.30 bits per heavy atom. The quantitative estimate of drug-likeness (QED) is 0.492. The van der Waals surface area contributed by atoms with Crippen molar-refractivity contribution < 1.29 is 19.4 Å². The maximum atomic E-state index is 11.9. The molecule has 132 valence electrons. The third-order valence-corrected chi connectivity index (χ3v) is 5.12. The molecule has 4 heteroatoms. The summed E-state index contributed by atoms with van der Waals surface area (Å²) < 4.78 is 5.70. The molecule has 1 fully saturated rings. The number of hydrogen-bond donors (Lipinski definition) is 1. The van der Waals surface area contributed by atoms with E-state index in [1.807, 2.05) is 6.92 Å². The molecule has 1 aliphatic rings. The smallest absolute Gasteiger partial charge is 0.331 e. The van der Waals surface area contributed by atoms with Crippen LogP contribution in [0, 0.1) is 11.8 Å². The van der Waals surface area contributed by atoms with Crippen molar-refractivity contribution in [1.82, 2.24) is 0 Å². The summed E-state index contributed by atoms with van der Waals surface area (Å²) >= 11 is 0. The molecule has 1 rings (SSSR count). The number of unbranched alkanes of at least 4 members (excludes halogenated alkanes) is 1. The van der Waals surface area contributed by atoms with Gasteiger partial charge in [-0.05, 0) is 38.0 Å². The van der Waals surface area contributed by atoms with Crippen LogP contribution in [0.2, 0.25) is 0 Å². The van der Waals surface area contributed by atoms with Crippen molar-refractivity contribution in [1.29, 1.82) is 0 Å². The summed E-state index contributed by atoms with van der Waals surface area (Å²) in [7, 11) is 0. The monoisotopic (exact) mass is 324 g/mol. The third kappa shape index (κ3) is 6.76. The van der Waals surface area contributed by atoms with E-state index in [1.165, 1.54) is 32.1 Å². The Labute approximate surface area is 140 Å². The molecular weight excluding hydrogens is 292 g/mol. The molecule has 23 heavy (non-hydrogen) atoms. The average Bonchev–Trinajstić information content (AvgIpc) is 2.51. The summed E-state index contributed by atoms with van der Waals surface area (Å²) in [5.41, 5.74) is -0.482. The second-order valence-electron chi connectivity index (χ2n) is 7.02. The van der Waals surface area contributed by atoms with Crippen LogP contribution in [-0.2, 0) is 14.3 Å². The molecule has 1 atom stereocenters. The summed E-state index contributed by atoms with van der Waals surface area (Å²) in [4.78, 5) is 22.4. The summed E-state index contributed by atoms with van der Waals surface area (Å²) in [6, 6.07) is 0. The summed E-state index contributed by atoms with van der Waals surface area (Å²) in [5.74, 6) is -0.478. The Morgan fingerprint density at radius 2 is 1.78 bits per heavy atom. The van der Waals surface area contributed by atoms with Crippen LogP contribution in [-0.4, -0.2) is 22.6 Å². The first-order chi connectivity index (χ1) is 10.9. The number of ether oxygens (including phenoxy) is 1. The van der Waals surface area contributed by atoms with Crippen LogP contribution >= 0.6 is 0 Å². The van der Waals surface area contributed by atoms with Crippen molar-refractivity contribution >= 4 is 11.9 Å². The van der Waals surface area contributed by atoms with Crippen LogP contribution in [0.1, 0.15) is 78.6 Å². The van der Waals surface area contributed by atoms with Crippen LogP contribution in [0.3, 0.4) is 0 Å². The fraction of sp³-hybridized carbons (Fsp3) is 0.789. The van der Waals surface area contributed by atoms with Crippen LogP contribution in [0.25, 0.3) is 0 Å². The van der Waals surface area contributed by atoms with E-state index in [2.05, 4.69) is 13.8 Å². The Balaban J connectivity index is 2.62. The van der Waals surface area contributed by atoms with E-state index in [1.54, 1.807) is 0 Å². The van der Waals surface area contributed by atoms with E-state index >= 15 is 0 Å². The second kappa shape index (κ2) is 9.74. The molecule has 0 amide bonds. The van der Waals surface area contributed by atoms with Crippen molar-refractivity contribution in [2.75, 3.05) is 0 Å². The van der Waals surface area contributed by atoms with E-state index in [0.29, 0.717) is 5.92 Å². The molecule has 0 aromatic rings. The number of carboxylic acids is 1. The molecule has 0 aromatic carbocycles. The molecule has 0 heterocycles. The second-order valence-corrected chi connectivity index (χ2v) is 7.02. The van der Waals surface area contributed by atoms with E-state index in [-0.39, 0.29) is 0 Å². The fourth-order valence-electron chi connectivity index (χ4n) is 3.79. The van der Waals surface area contributed by atoms with Crippen molar-refractivity contribution in [2.24, 2.45) is 11.8 Å². The SMILES string of the molecule is CCCCC1CCC(C(C)(CCC)OC(=O)/C=C/C(=O)O)CC1. The van der Waals surface area contributed by atoms with Crippen LogP contribution in [0.5, 0.6) is 0 Å². The maximum absolute atomic E-state index is 11.9. The molecular formula is C19H32O4. The lowest BCUT2D eigenvalue weighted by Crippen LogP contribution is -2.41. The molecule has 0 aliphatic heterocycles. The van der Waals surface area contributed by atoms with Crippen LogP contribution in [0.15, 0.2) is 12.2 Å². The first kappa shape index (κ1) is 19.7. The Bertz CT molecular complexity index is 408. The van der Waals surface area contributed by atoms with Crippen molar-refractivity contribution in [3.63, 3.8) is 0 Å². The van der Waals surface area contributed by atoms with Gasteiger partial charge >= 0.3 is 11.9 Å². The summed E-state index contributed by atoms with van der Waals surface area (Å²) in [6.07, 6.45) is 12.1. The molecule has 1 aliphatic carbocycles. The molecule has 0 saturated heterocycles. The van der Waals surface area contributed by atoms with Gasteiger partial charge in [0.1, 0.15) is 5.60 Å². The number of esters is 1. The number of carbonyl (C=O) groups is 2. The van der Waals surface area contributed by atoms with E-state index in [9.17, 15) is 9.59 Å². The molecule has 1 N–H and O–H groups in total. The maximum Gasteiger partial charge on any atom is 0.331 e. The number of rotatable bonds is 9. The van der Waals surface area contributed by atoms with Crippen LogP contribution < -0.4 is 0 Å². The molecule has 0 radical (unpaired) electrons. The van der Waals surface area contributed by atoms with Gasteiger partial charge in [-0.25, -0.2) is 9.59 Å². The first-order valence-electron chi connectivity index (χ1n) is 9.05.